The molecule has 2 aliphatic rings. The molecule has 1 aliphatic heterocycles. The van der Waals surface area contributed by atoms with Crippen molar-refractivity contribution >= 4 is 31.2 Å². The van der Waals surface area contributed by atoms with E-state index in [-0.39, 0.29) is 20.9 Å². The van der Waals surface area contributed by atoms with Crippen molar-refractivity contribution in [2.24, 2.45) is 7.05 Å². The molecule has 106 valence electrons. The summed E-state index contributed by atoms with van der Waals surface area (Å²) in [6, 6.07) is -0.641. The summed E-state index contributed by atoms with van der Waals surface area (Å²) in [5.74, 6) is -0.714. The molecule has 0 saturated carbocycles. The fourth-order valence-corrected chi connectivity index (χ4v) is 2.93. The number of carbonyl (C=O) groups excluding carboxylic acids is 2. The van der Waals surface area contributed by atoms with Crippen molar-refractivity contribution in [2.75, 3.05) is 0 Å². The lowest BCUT2D eigenvalue weighted by atomic mass is 9.88. The van der Waals surface area contributed by atoms with E-state index in [0.717, 1.165) is 6.42 Å². The quantitative estimate of drug-likeness (QED) is 0.501. The molecule has 0 bridgehead atoms. The fourth-order valence-electron chi connectivity index (χ4n) is 2.93. The highest BCUT2D eigenvalue weighted by atomic mass is 16.2. The minimum absolute atomic E-state index is 0. The van der Waals surface area contributed by atoms with Crippen LogP contribution in [0.3, 0.4) is 0 Å². The first-order valence-corrected chi connectivity index (χ1v) is 6.60. The normalized spacial score (nSPS) is 22.2. The van der Waals surface area contributed by atoms with Crippen molar-refractivity contribution < 1.29 is 12.4 Å². The summed E-state index contributed by atoms with van der Waals surface area (Å²) >= 11 is 0. The van der Waals surface area contributed by atoms with Crippen LogP contribution in [0, 0.1) is 0 Å². The number of hydrogen-bond acceptors (Lipinski definition) is 3. The lowest BCUT2D eigenvalue weighted by Gasteiger charge is -2.21. The van der Waals surface area contributed by atoms with Crippen LogP contribution in [0.1, 0.15) is 34.6 Å². The Balaban J connectivity index is 0.00000121. The molecule has 1 saturated heterocycles. The van der Waals surface area contributed by atoms with Gasteiger partial charge < -0.3 is 0 Å². The second kappa shape index (κ2) is 4.50. The Morgan fingerprint density at radius 3 is 2.80 bits per heavy atom. The zero-order valence-corrected chi connectivity index (χ0v) is 11.2. The molecular formula is C13H18BN3O3. The lowest BCUT2D eigenvalue weighted by Crippen LogP contribution is -2.48. The van der Waals surface area contributed by atoms with E-state index >= 15 is 0 Å². The average Bonchev–Trinajstić information content (AvgIpc) is 2.64. The minimum atomic E-state index is -0.641. The van der Waals surface area contributed by atoms with Crippen LogP contribution in [0.15, 0.2) is 4.79 Å². The molecule has 1 N–H and O–H groups in total. The molecule has 1 aliphatic carbocycles. The van der Waals surface area contributed by atoms with E-state index in [4.69, 9.17) is 7.85 Å². The van der Waals surface area contributed by atoms with Crippen molar-refractivity contribution in [2.45, 2.75) is 31.7 Å². The van der Waals surface area contributed by atoms with E-state index in [1.807, 2.05) is 6.08 Å². The summed E-state index contributed by atoms with van der Waals surface area (Å²) in [7, 11) is 7.63. The summed E-state index contributed by atoms with van der Waals surface area (Å²) < 4.78 is 2.94. The van der Waals surface area contributed by atoms with Gasteiger partial charge in [-0.05, 0) is 19.3 Å². The predicted molar refractivity (Wildman–Crippen MR) is 77.4 cm³/mol. The first kappa shape index (κ1) is 13.0. The number of piperidine rings is 1. The number of nitrogens with one attached hydrogen (secondary N) is 1. The molecular weight excluding hydrogens is 257 g/mol. The Hall–Kier alpha value is -2.05. The number of fused-ring (bicyclic) bond motifs is 1. The maximum absolute atomic E-state index is 12.4. The molecule has 1 atom stereocenters. The summed E-state index contributed by atoms with van der Waals surface area (Å²) in [4.78, 5) is 35.6. The van der Waals surface area contributed by atoms with Gasteiger partial charge in [-0.25, -0.2) is 4.79 Å². The zero-order valence-electron chi connectivity index (χ0n) is 11.2. The maximum Gasteiger partial charge on any atom is 0.329 e. The van der Waals surface area contributed by atoms with E-state index in [1.165, 1.54) is 9.13 Å². The number of nitrogens with zero attached hydrogens (tertiary/aromatic N) is 2. The monoisotopic (exact) mass is 275 g/mol. The zero-order chi connectivity index (χ0) is 14.4. The van der Waals surface area contributed by atoms with Crippen LogP contribution in [-0.2, 0) is 16.6 Å². The molecule has 1 fully saturated rings. The van der Waals surface area contributed by atoms with Gasteiger partial charge in [-0.15, -0.1) is 0 Å². The van der Waals surface area contributed by atoms with Crippen LogP contribution in [0.2, 0.25) is 0 Å². The van der Waals surface area contributed by atoms with Gasteiger partial charge >= 0.3 is 5.69 Å². The van der Waals surface area contributed by atoms with Crippen LogP contribution in [0.5, 0.6) is 0 Å². The third-order valence-corrected chi connectivity index (χ3v) is 3.91. The first-order valence-electron chi connectivity index (χ1n) is 6.60. The third-order valence-electron chi connectivity index (χ3n) is 3.91. The van der Waals surface area contributed by atoms with Gasteiger partial charge in [0.25, 0.3) is 0 Å². The van der Waals surface area contributed by atoms with Crippen molar-refractivity contribution in [3.05, 3.63) is 21.2 Å². The Morgan fingerprint density at radius 1 is 1.35 bits per heavy atom. The summed E-state index contributed by atoms with van der Waals surface area (Å²) in [5, 5.41) is 3.66. The van der Waals surface area contributed by atoms with Crippen molar-refractivity contribution in [1.82, 2.24) is 14.5 Å². The van der Waals surface area contributed by atoms with Crippen molar-refractivity contribution in [3.8, 4) is 0 Å². The molecule has 20 heavy (non-hydrogen) atoms. The van der Waals surface area contributed by atoms with E-state index in [9.17, 15) is 14.4 Å². The second-order valence-electron chi connectivity index (χ2n) is 5.18. The predicted octanol–water partition coefficient (Wildman–Crippen LogP) is -1.49. The van der Waals surface area contributed by atoms with Crippen LogP contribution in [0.25, 0.3) is 11.5 Å². The van der Waals surface area contributed by atoms with E-state index in [0.29, 0.717) is 29.0 Å². The van der Waals surface area contributed by atoms with Gasteiger partial charge in [-0.2, -0.15) is 0 Å². The molecule has 0 spiro atoms. The van der Waals surface area contributed by atoms with Gasteiger partial charge in [0, 0.05) is 16.3 Å². The second-order valence-corrected chi connectivity index (χ2v) is 5.18. The van der Waals surface area contributed by atoms with Crippen LogP contribution in [0.4, 0.5) is 0 Å². The Morgan fingerprint density at radius 2 is 2.10 bits per heavy atom. The molecule has 2 amide bonds. The Kier molecular flexibility index (Phi) is 2.92. The highest BCUT2D eigenvalue weighted by Gasteiger charge is 2.30. The topological polar surface area (TPSA) is 73.1 Å². The molecule has 2 radical (unpaired) electrons. The smallest absolute Gasteiger partial charge is 0.296 e. The number of imidazole rings is 1. The average molecular weight is 275 g/mol. The Labute approximate surface area is 119 Å². The van der Waals surface area contributed by atoms with E-state index in [1.54, 1.807) is 7.05 Å². The SMILES string of the molecule is [B]C1=c2c(n(C3CCC(=O)NC3=O)c(=O)n2C)=CCC1.[HH].[HH]. The number of amides is 2. The van der Waals surface area contributed by atoms with Crippen LogP contribution < -0.4 is 21.7 Å². The number of hydrogen-bond donors (Lipinski definition) is 1. The van der Waals surface area contributed by atoms with Gasteiger partial charge in [0.1, 0.15) is 13.9 Å². The summed E-state index contributed by atoms with van der Waals surface area (Å²) in [6.45, 7) is 0. The first-order chi connectivity index (χ1) is 9.50. The molecule has 2 heterocycles. The van der Waals surface area contributed by atoms with Gasteiger partial charge in [0.05, 0.1) is 10.7 Å². The molecule has 3 rings (SSSR count). The maximum atomic E-state index is 12.4. The minimum Gasteiger partial charge on any atom is -0.296 e. The number of rotatable bonds is 1. The third kappa shape index (κ3) is 1.77. The summed E-state index contributed by atoms with van der Waals surface area (Å²) in [5.41, 5.74) is 0.388. The number of carbonyl (C=O) groups is 2. The molecule has 1 unspecified atom stereocenters. The van der Waals surface area contributed by atoms with Crippen LogP contribution >= 0.6 is 0 Å². The highest BCUT2D eigenvalue weighted by molar-refractivity contribution is 6.38. The van der Waals surface area contributed by atoms with Crippen LogP contribution in [-0.4, -0.2) is 28.8 Å². The van der Waals surface area contributed by atoms with Gasteiger partial charge in [0.2, 0.25) is 11.8 Å². The molecule has 1 aromatic heterocycles. The standard InChI is InChI=1S/C13H14BN3O3.2H2/c1-16-11-7(14)3-2-4-8(11)17(13(16)20)9-5-6-10(18)15-12(9)19;;/h4,9H,2-3,5-6H2,1H3,(H,15,18,19);2*1H. The van der Waals surface area contributed by atoms with Gasteiger partial charge in [-0.3, -0.25) is 24.0 Å². The molecule has 7 heteroatoms. The van der Waals surface area contributed by atoms with E-state index in [2.05, 4.69) is 5.32 Å². The number of aromatic nitrogens is 2. The molecule has 0 aromatic carbocycles. The van der Waals surface area contributed by atoms with Gasteiger partial charge in [0.15, 0.2) is 0 Å². The molecule has 6 nitrogen and oxygen atoms in total. The summed E-state index contributed by atoms with van der Waals surface area (Å²) in [6.07, 6.45) is 3.96. The van der Waals surface area contributed by atoms with Crippen molar-refractivity contribution in [1.29, 1.82) is 0 Å². The molecule has 1 aromatic rings. The van der Waals surface area contributed by atoms with E-state index < -0.39 is 11.9 Å². The lowest BCUT2D eigenvalue weighted by molar-refractivity contribution is -0.135. The fraction of sp³-hybridized carbons (Fsp3) is 0.462. The number of imide groups is 1. The highest BCUT2D eigenvalue weighted by Crippen LogP contribution is 2.15. The van der Waals surface area contributed by atoms with Crippen molar-refractivity contribution in [3.63, 3.8) is 0 Å². The Bertz CT molecular complexity index is 797. The largest absolute Gasteiger partial charge is 0.329 e. The van der Waals surface area contributed by atoms with Gasteiger partial charge in [-0.1, -0.05) is 11.5 Å².